The van der Waals surface area contributed by atoms with Crippen molar-refractivity contribution in [3.63, 3.8) is 0 Å². The van der Waals surface area contributed by atoms with Crippen LogP contribution in [0.2, 0.25) is 0 Å². The molecular formula is C14H26N2O2. The number of rotatable bonds is 6. The van der Waals surface area contributed by atoms with Gasteiger partial charge in [-0.25, -0.2) is 0 Å². The fourth-order valence-corrected chi connectivity index (χ4v) is 3.40. The van der Waals surface area contributed by atoms with Gasteiger partial charge < -0.3 is 15.3 Å². The molecule has 2 fully saturated rings. The molecule has 4 heteroatoms. The molecule has 0 bridgehead atoms. The summed E-state index contributed by atoms with van der Waals surface area (Å²) in [5.74, 6) is 0.173. The predicted octanol–water partition coefficient (Wildman–Crippen LogP) is 1.70. The summed E-state index contributed by atoms with van der Waals surface area (Å²) < 4.78 is 0. The molecule has 2 aliphatic rings. The second kappa shape index (κ2) is 5.57. The lowest BCUT2D eigenvalue weighted by Gasteiger charge is -2.36. The van der Waals surface area contributed by atoms with Gasteiger partial charge in [0, 0.05) is 12.6 Å². The predicted molar refractivity (Wildman–Crippen MR) is 71.7 cm³/mol. The van der Waals surface area contributed by atoms with E-state index in [4.69, 9.17) is 0 Å². The molecule has 0 aliphatic heterocycles. The zero-order valence-electron chi connectivity index (χ0n) is 11.6. The monoisotopic (exact) mass is 254 g/mol. The van der Waals surface area contributed by atoms with Crippen molar-refractivity contribution in [1.82, 2.24) is 10.2 Å². The highest BCUT2D eigenvalue weighted by Crippen LogP contribution is 2.35. The van der Waals surface area contributed by atoms with E-state index in [2.05, 4.69) is 17.1 Å². The summed E-state index contributed by atoms with van der Waals surface area (Å²) in [6, 6.07) is 0.444. The maximum Gasteiger partial charge on any atom is 0.323 e. The van der Waals surface area contributed by atoms with Crippen molar-refractivity contribution in [3.8, 4) is 0 Å². The van der Waals surface area contributed by atoms with Crippen LogP contribution in [-0.2, 0) is 4.79 Å². The third-order valence-corrected chi connectivity index (χ3v) is 5.02. The van der Waals surface area contributed by atoms with Crippen LogP contribution in [0.1, 0.15) is 45.4 Å². The van der Waals surface area contributed by atoms with Crippen LogP contribution in [0.4, 0.5) is 0 Å². The quantitative estimate of drug-likeness (QED) is 0.757. The first-order chi connectivity index (χ1) is 8.61. The van der Waals surface area contributed by atoms with Crippen LogP contribution < -0.4 is 5.32 Å². The van der Waals surface area contributed by atoms with Crippen molar-refractivity contribution in [2.24, 2.45) is 5.92 Å². The lowest BCUT2D eigenvalue weighted by molar-refractivity contribution is -0.144. The van der Waals surface area contributed by atoms with Crippen molar-refractivity contribution in [2.75, 3.05) is 20.1 Å². The molecule has 0 spiro atoms. The van der Waals surface area contributed by atoms with E-state index in [1.54, 1.807) is 7.05 Å². The Kier molecular flexibility index (Phi) is 4.28. The van der Waals surface area contributed by atoms with Crippen molar-refractivity contribution in [3.05, 3.63) is 0 Å². The van der Waals surface area contributed by atoms with Crippen LogP contribution in [0, 0.1) is 5.92 Å². The fraction of sp³-hybridized carbons (Fsp3) is 0.929. The van der Waals surface area contributed by atoms with Gasteiger partial charge in [-0.3, -0.25) is 4.79 Å². The number of carbonyl (C=O) groups is 1. The van der Waals surface area contributed by atoms with Gasteiger partial charge in [0.25, 0.3) is 0 Å². The average Bonchev–Trinajstić information content (AvgIpc) is 2.73. The number of carboxylic acids is 1. The van der Waals surface area contributed by atoms with E-state index in [0.717, 1.165) is 31.7 Å². The minimum Gasteiger partial charge on any atom is -0.480 e. The molecular weight excluding hydrogens is 228 g/mol. The molecule has 0 aromatic heterocycles. The Morgan fingerprint density at radius 2 is 2.17 bits per heavy atom. The van der Waals surface area contributed by atoms with Crippen LogP contribution in [-0.4, -0.2) is 47.7 Å². The lowest BCUT2D eigenvalue weighted by atomic mass is 9.84. The summed E-state index contributed by atoms with van der Waals surface area (Å²) in [6.45, 7) is 4.40. The van der Waals surface area contributed by atoms with Crippen molar-refractivity contribution in [2.45, 2.75) is 57.0 Å². The Labute approximate surface area is 110 Å². The van der Waals surface area contributed by atoms with Crippen molar-refractivity contribution < 1.29 is 9.90 Å². The van der Waals surface area contributed by atoms with E-state index in [-0.39, 0.29) is 0 Å². The van der Waals surface area contributed by atoms with Crippen molar-refractivity contribution >= 4 is 5.97 Å². The van der Waals surface area contributed by atoms with Crippen LogP contribution in [0.5, 0.6) is 0 Å². The van der Waals surface area contributed by atoms with Gasteiger partial charge in [-0.05, 0) is 51.6 Å². The molecule has 2 aliphatic carbocycles. The Balaban J connectivity index is 1.94. The molecule has 0 heterocycles. The first-order valence-corrected chi connectivity index (χ1v) is 7.27. The molecule has 2 atom stereocenters. The zero-order valence-corrected chi connectivity index (χ0v) is 11.6. The second-order valence-corrected chi connectivity index (χ2v) is 5.92. The summed E-state index contributed by atoms with van der Waals surface area (Å²) in [7, 11) is 1.78. The maximum atomic E-state index is 11.4. The van der Waals surface area contributed by atoms with Crippen LogP contribution >= 0.6 is 0 Å². The first kappa shape index (κ1) is 13.8. The van der Waals surface area contributed by atoms with Crippen LogP contribution in [0.15, 0.2) is 0 Å². The number of nitrogens with one attached hydrogen (secondary N) is 1. The SMILES string of the molecule is CCN(CC1CCC1)C1CCC(NC)(C(=O)O)C1. The molecule has 18 heavy (non-hydrogen) atoms. The summed E-state index contributed by atoms with van der Waals surface area (Å²) >= 11 is 0. The lowest BCUT2D eigenvalue weighted by Crippen LogP contribution is -2.50. The molecule has 0 saturated heterocycles. The fourth-order valence-electron chi connectivity index (χ4n) is 3.40. The molecule has 0 radical (unpaired) electrons. The second-order valence-electron chi connectivity index (χ2n) is 5.92. The van der Waals surface area contributed by atoms with Gasteiger partial charge in [-0.2, -0.15) is 0 Å². The largest absolute Gasteiger partial charge is 0.480 e. The number of carboxylic acid groups (broad SMARTS) is 1. The molecule has 104 valence electrons. The molecule has 4 nitrogen and oxygen atoms in total. The maximum absolute atomic E-state index is 11.4. The van der Waals surface area contributed by atoms with E-state index in [1.807, 2.05) is 0 Å². The highest BCUT2D eigenvalue weighted by molar-refractivity contribution is 5.79. The number of likely N-dealkylation sites (N-methyl/N-ethyl adjacent to an activating group) is 1. The van der Waals surface area contributed by atoms with E-state index in [9.17, 15) is 9.90 Å². The van der Waals surface area contributed by atoms with Gasteiger partial charge in [-0.15, -0.1) is 0 Å². The normalized spacial score (nSPS) is 32.7. The van der Waals surface area contributed by atoms with Crippen LogP contribution in [0.3, 0.4) is 0 Å². The smallest absolute Gasteiger partial charge is 0.323 e. The third kappa shape index (κ3) is 2.54. The third-order valence-electron chi connectivity index (χ3n) is 5.02. The van der Waals surface area contributed by atoms with Crippen LogP contribution in [0.25, 0.3) is 0 Å². The van der Waals surface area contributed by atoms with Gasteiger partial charge in [0.05, 0.1) is 0 Å². The number of hydrogen-bond donors (Lipinski definition) is 2. The molecule has 2 saturated carbocycles. The van der Waals surface area contributed by atoms with Gasteiger partial charge >= 0.3 is 5.97 Å². The molecule has 0 amide bonds. The highest BCUT2D eigenvalue weighted by Gasteiger charge is 2.46. The minimum absolute atomic E-state index is 0.444. The summed E-state index contributed by atoms with van der Waals surface area (Å²) in [5, 5.41) is 12.4. The molecule has 2 N–H and O–H groups in total. The van der Waals surface area contributed by atoms with Gasteiger partial charge in [0.15, 0.2) is 0 Å². The highest BCUT2D eigenvalue weighted by atomic mass is 16.4. The van der Waals surface area contributed by atoms with E-state index >= 15 is 0 Å². The zero-order chi connectivity index (χ0) is 13.2. The Morgan fingerprint density at radius 1 is 1.44 bits per heavy atom. The average molecular weight is 254 g/mol. The van der Waals surface area contributed by atoms with E-state index < -0.39 is 11.5 Å². The summed E-state index contributed by atoms with van der Waals surface area (Å²) in [6.07, 6.45) is 6.61. The Morgan fingerprint density at radius 3 is 2.56 bits per heavy atom. The minimum atomic E-state index is -0.688. The van der Waals surface area contributed by atoms with E-state index in [0.29, 0.717) is 6.04 Å². The number of nitrogens with zero attached hydrogens (tertiary/aromatic N) is 1. The molecule has 2 rings (SSSR count). The van der Waals surface area contributed by atoms with Gasteiger partial charge in [0.1, 0.15) is 5.54 Å². The molecule has 2 unspecified atom stereocenters. The van der Waals surface area contributed by atoms with Gasteiger partial charge in [-0.1, -0.05) is 13.3 Å². The topological polar surface area (TPSA) is 52.6 Å². The standard InChI is InChI=1S/C14H26N2O2/c1-3-16(10-11-5-4-6-11)12-7-8-14(9-12,15-2)13(17)18/h11-12,15H,3-10H2,1-2H3,(H,17,18). The summed E-state index contributed by atoms with van der Waals surface area (Å²) in [5.41, 5.74) is -0.683. The van der Waals surface area contributed by atoms with Gasteiger partial charge in [0.2, 0.25) is 0 Å². The van der Waals surface area contributed by atoms with E-state index in [1.165, 1.54) is 25.8 Å². The number of aliphatic carboxylic acids is 1. The summed E-state index contributed by atoms with van der Waals surface area (Å²) in [4.78, 5) is 13.9. The molecule has 0 aromatic carbocycles. The van der Waals surface area contributed by atoms with Crippen molar-refractivity contribution in [1.29, 1.82) is 0 Å². The first-order valence-electron chi connectivity index (χ1n) is 7.27. The molecule has 0 aromatic rings. The Hall–Kier alpha value is -0.610. The Bertz CT molecular complexity index is 304. The number of hydrogen-bond acceptors (Lipinski definition) is 3.